The minimum absolute atomic E-state index is 0.144. The van der Waals surface area contributed by atoms with Crippen LogP contribution in [-0.4, -0.2) is 31.1 Å². The van der Waals surface area contributed by atoms with E-state index in [1.54, 1.807) is 6.07 Å². The van der Waals surface area contributed by atoms with Crippen LogP contribution >= 0.6 is 0 Å². The number of hydrogen-bond donors (Lipinski definition) is 2. The van der Waals surface area contributed by atoms with Gasteiger partial charge in [-0.2, -0.15) is 0 Å². The zero-order valence-corrected chi connectivity index (χ0v) is 9.15. The third-order valence-corrected chi connectivity index (χ3v) is 2.17. The second-order valence-electron chi connectivity index (χ2n) is 3.40. The van der Waals surface area contributed by atoms with Crippen molar-refractivity contribution >= 4 is 12.6 Å². The number of benzene rings is 1. The van der Waals surface area contributed by atoms with Crippen LogP contribution in [0.3, 0.4) is 0 Å². The van der Waals surface area contributed by atoms with Gasteiger partial charge < -0.3 is 19.5 Å². The lowest BCUT2D eigenvalue weighted by Gasteiger charge is -2.12. The summed E-state index contributed by atoms with van der Waals surface area (Å²) in [5.41, 5.74) is 2.22. The van der Waals surface area contributed by atoms with Crippen molar-refractivity contribution in [3.8, 4) is 5.75 Å². The summed E-state index contributed by atoms with van der Waals surface area (Å²) in [6.07, 6.45) is 0. The lowest BCUT2D eigenvalue weighted by atomic mass is 9.77. The molecule has 0 aromatic heterocycles. The van der Waals surface area contributed by atoms with Crippen molar-refractivity contribution < 1.29 is 19.5 Å². The molecule has 0 saturated carbocycles. The molecule has 0 saturated heterocycles. The second-order valence-corrected chi connectivity index (χ2v) is 3.40. The van der Waals surface area contributed by atoms with Crippen LogP contribution in [0.4, 0.5) is 0 Å². The normalized spacial score (nSPS) is 10.2. The van der Waals surface area contributed by atoms with Gasteiger partial charge in [0.1, 0.15) is 5.75 Å². The first kappa shape index (κ1) is 12.0. The molecule has 2 N–H and O–H groups in total. The van der Waals surface area contributed by atoms with Crippen LogP contribution in [0.15, 0.2) is 12.1 Å². The maximum atomic E-state index is 9.11. The van der Waals surface area contributed by atoms with E-state index in [4.69, 9.17) is 19.5 Å². The topological polar surface area (TPSA) is 58.9 Å². The monoisotopic (exact) mass is 210 g/mol. The highest BCUT2D eigenvalue weighted by Gasteiger charge is 2.16. The average molecular weight is 210 g/mol. The Morgan fingerprint density at radius 3 is 2.40 bits per heavy atom. The van der Waals surface area contributed by atoms with E-state index >= 15 is 0 Å². The summed E-state index contributed by atoms with van der Waals surface area (Å²) in [5, 5.41) is 18.2. The van der Waals surface area contributed by atoms with Crippen LogP contribution in [0.25, 0.3) is 0 Å². The van der Waals surface area contributed by atoms with Gasteiger partial charge in [-0.25, -0.2) is 0 Å². The Morgan fingerprint density at radius 1 is 1.20 bits per heavy atom. The standard InChI is InChI=1S/C10H15BO4/c1-7-4-8(2)10(15-6-14-3)5-9(7)11(12)13/h4-5,12-13H,6H2,1-3H3. The van der Waals surface area contributed by atoms with Gasteiger partial charge in [0, 0.05) is 7.11 Å². The van der Waals surface area contributed by atoms with Crippen molar-refractivity contribution in [3.63, 3.8) is 0 Å². The molecule has 5 heteroatoms. The molecule has 15 heavy (non-hydrogen) atoms. The molecule has 0 atom stereocenters. The van der Waals surface area contributed by atoms with Crippen LogP contribution < -0.4 is 10.2 Å². The highest BCUT2D eigenvalue weighted by molar-refractivity contribution is 6.59. The number of ether oxygens (including phenoxy) is 2. The van der Waals surface area contributed by atoms with Crippen molar-refractivity contribution in [2.45, 2.75) is 13.8 Å². The van der Waals surface area contributed by atoms with Crippen molar-refractivity contribution in [3.05, 3.63) is 23.3 Å². The number of methoxy groups -OCH3 is 1. The van der Waals surface area contributed by atoms with Gasteiger partial charge in [0.15, 0.2) is 6.79 Å². The molecule has 0 amide bonds. The van der Waals surface area contributed by atoms with E-state index in [-0.39, 0.29) is 6.79 Å². The van der Waals surface area contributed by atoms with Gasteiger partial charge >= 0.3 is 7.12 Å². The van der Waals surface area contributed by atoms with E-state index in [1.807, 2.05) is 19.9 Å². The summed E-state index contributed by atoms with van der Waals surface area (Å²) >= 11 is 0. The predicted molar refractivity (Wildman–Crippen MR) is 58.2 cm³/mol. The van der Waals surface area contributed by atoms with Crippen LogP contribution in [0.2, 0.25) is 0 Å². The van der Waals surface area contributed by atoms with Crippen LogP contribution in [0, 0.1) is 13.8 Å². The van der Waals surface area contributed by atoms with Crippen molar-refractivity contribution in [1.82, 2.24) is 0 Å². The number of hydrogen-bond acceptors (Lipinski definition) is 4. The number of rotatable bonds is 4. The Balaban J connectivity index is 3.00. The highest BCUT2D eigenvalue weighted by Crippen LogP contribution is 2.17. The molecule has 0 aliphatic rings. The number of aryl methyl sites for hydroxylation is 2. The summed E-state index contributed by atoms with van der Waals surface area (Å²) < 4.78 is 10.1. The molecule has 0 unspecified atom stereocenters. The van der Waals surface area contributed by atoms with Gasteiger partial charge in [0.2, 0.25) is 0 Å². The molecule has 4 nitrogen and oxygen atoms in total. The van der Waals surface area contributed by atoms with E-state index in [2.05, 4.69) is 0 Å². The Bertz CT molecular complexity index is 338. The minimum atomic E-state index is -1.48. The predicted octanol–water partition coefficient (Wildman–Crippen LogP) is -0.0341. The maximum Gasteiger partial charge on any atom is 0.488 e. The molecule has 82 valence electrons. The highest BCUT2D eigenvalue weighted by atomic mass is 16.7. The third-order valence-electron chi connectivity index (χ3n) is 2.17. The molecule has 0 fully saturated rings. The Kier molecular flexibility index (Phi) is 4.14. The summed E-state index contributed by atoms with van der Waals surface area (Å²) in [6, 6.07) is 3.47. The third kappa shape index (κ3) is 2.96. The smallest absolute Gasteiger partial charge is 0.467 e. The molecule has 0 spiro atoms. The van der Waals surface area contributed by atoms with Gasteiger partial charge in [-0.05, 0) is 30.9 Å². The van der Waals surface area contributed by atoms with E-state index < -0.39 is 7.12 Å². The molecule has 1 rings (SSSR count). The summed E-state index contributed by atoms with van der Waals surface area (Å²) in [6.45, 7) is 3.86. The molecule has 0 heterocycles. The van der Waals surface area contributed by atoms with Crippen LogP contribution in [-0.2, 0) is 4.74 Å². The average Bonchev–Trinajstić information content (AvgIpc) is 2.16. The van der Waals surface area contributed by atoms with Crippen LogP contribution in [0.1, 0.15) is 11.1 Å². The summed E-state index contributed by atoms with van der Waals surface area (Å²) in [7, 11) is 0.0567. The van der Waals surface area contributed by atoms with Gasteiger partial charge in [0.05, 0.1) is 0 Å². The second kappa shape index (κ2) is 5.16. The Morgan fingerprint density at radius 2 is 1.87 bits per heavy atom. The maximum absolute atomic E-state index is 9.11. The first-order chi connectivity index (χ1) is 7.06. The van der Waals surface area contributed by atoms with Crippen molar-refractivity contribution in [2.24, 2.45) is 0 Å². The summed E-state index contributed by atoms with van der Waals surface area (Å²) in [4.78, 5) is 0. The van der Waals surface area contributed by atoms with Gasteiger partial charge in [-0.1, -0.05) is 11.6 Å². The molecule has 0 aliphatic carbocycles. The first-order valence-corrected chi connectivity index (χ1v) is 4.65. The largest absolute Gasteiger partial charge is 0.488 e. The van der Waals surface area contributed by atoms with Crippen molar-refractivity contribution in [1.29, 1.82) is 0 Å². The molecular weight excluding hydrogens is 195 g/mol. The summed E-state index contributed by atoms with van der Waals surface area (Å²) in [5.74, 6) is 0.602. The van der Waals surface area contributed by atoms with Gasteiger partial charge in [0.25, 0.3) is 0 Å². The molecule has 1 aromatic carbocycles. The van der Waals surface area contributed by atoms with E-state index in [1.165, 1.54) is 7.11 Å². The Hall–Kier alpha value is -1.04. The van der Waals surface area contributed by atoms with Gasteiger partial charge in [-0.3, -0.25) is 0 Å². The zero-order valence-electron chi connectivity index (χ0n) is 9.15. The lowest BCUT2D eigenvalue weighted by Crippen LogP contribution is -2.32. The van der Waals surface area contributed by atoms with E-state index in [0.29, 0.717) is 11.2 Å². The van der Waals surface area contributed by atoms with Crippen LogP contribution in [0.5, 0.6) is 5.75 Å². The lowest BCUT2D eigenvalue weighted by molar-refractivity contribution is 0.0506. The fourth-order valence-electron chi connectivity index (χ4n) is 1.40. The quantitative estimate of drug-likeness (QED) is 0.541. The fourth-order valence-corrected chi connectivity index (χ4v) is 1.40. The van der Waals surface area contributed by atoms with E-state index in [0.717, 1.165) is 11.1 Å². The molecule has 0 radical (unpaired) electrons. The molecule has 0 aliphatic heterocycles. The Labute approximate surface area is 89.6 Å². The SMILES string of the molecule is COCOc1cc(B(O)O)c(C)cc1C. The van der Waals surface area contributed by atoms with Crippen molar-refractivity contribution in [2.75, 3.05) is 13.9 Å². The minimum Gasteiger partial charge on any atom is -0.467 e. The first-order valence-electron chi connectivity index (χ1n) is 4.65. The molecule has 1 aromatic rings. The fraction of sp³-hybridized carbons (Fsp3) is 0.400. The molecular formula is C10H15BO4. The van der Waals surface area contributed by atoms with Gasteiger partial charge in [-0.15, -0.1) is 0 Å². The molecule has 0 bridgehead atoms. The zero-order chi connectivity index (χ0) is 11.4. The van der Waals surface area contributed by atoms with E-state index in [9.17, 15) is 0 Å².